The molecule has 10 nitrogen and oxygen atoms in total. The number of ether oxygens (including phenoxy) is 1. The molecule has 1 aliphatic heterocycles. The fourth-order valence-corrected chi connectivity index (χ4v) is 5.79. The van der Waals surface area contributed by atoms with Crippen molar-refractivity contribution in [2.75, 3.05) is 43.1 Å². The number of carbonyl (C=O) groups is 1. The maximum atomic E-state index is 12.7. The third kappa shape index (κ3) is 5.95. The first-order chi connectivity index (χ1) is 16.4. The molecule has 2 heterocycles. The van der Waals surface area contributed by atoms with Crippen LogP contribution >= 0.6 is 11.8 Å². The Morgan fingerprint density at radius 3 is 2.47 bits per heavy atom. The van der Waals surface area contributed by atoms with E-state index >= 15 is 0 Å². The quantitative estimate of drug-likeness (QED) is 0.424. The fraction of sp³-hybridized carbons (Fsp3) is 0.318. The van der Waals surface area contributed by atoms with Gasteiger partial charge in [0.05, 0.1) is 18.1 Å². The Morgan fingerprint density at radius 2 is 1.76 bits per heavy atom. The second-order valence-corrected chi connectivity index (χ2v) is 10.6. The number of anilines is 2. The van der Waals surface area contributed by atoms with Crippen LogP contribution in [0.15, 0.2) is 64.6 Å². The van der Waals surface area contributed by atoms with Gasteiger partial charge in [-0.3, -0.25) is 9.36 Å². The van der Waals surface area contributed by atoms with Crippen LogP contribution in [0.3, 0.4) is 0 Å². The lowest BCUT2D eigenvalue weighted by Gasteiger charge is -2.26. The fourth-order valence-electron chi connectivity index (χ4n) is 3.45. The van der Waals surface area contributed by atoms with E-state index in [0.29, 0.717) is 37.1 Å². The average molecular weight is 503 g/mol. The van der Waals surface area contributed by atoms with Crippen molar-refractivity contribution < 1.29 is 17.9 Å². The van der Waals surface area contributed by atoms with E-state index in [1.54, 1.807) is 16.7 Å². The number of nitrogens with one attached hydrogen (secondary N) is 1. The number of amides is 1. The Balaban J connectivity index is 1.34. The van der Waals surface area contributed by atoms with Crippen LogP contribution in [-0.4, -0.2) is 65.5 Å². The van der Waals surface area contributed by atoms with Gasteiger partial charge in [-0.05, 0) is 36.2 Å². The number of thioether (sulfide) groups is 1. The van der Waals surface area contributed by atoms with Crippen molar-refractivity contribution in [3.8, 4) is 0 Å². The molecule has 180 valence electrons. The number of nitrogens with zero attached hydrogens (tertiary/aromatic N) is 4. The predicted octanol–water partition coefficient (Wildman–Crippen LogP) is 1.85. The topological polar surface area (TPSA) is 132 Å². The van der Waals surface area contributed by atoms with E-state index < -0.39 is 10.0 Å². The smallest absolute Gasteiger partial charge is 0.244 e. The Morgan fingerprint density at radius 1 is 1.06 bits per heavy atom. The van der Waals surface area contributed by atoms with Gasteiger partial charge in [0.15, 0.2) is 5.16 Å². The molecule has 1 saturated heterocycles. The highest BCUT2D eigenvalue weighted by atomic mass is 32.2. The molecule has 34 heavy (non-hydrogen) atoms. The van der Waals surface area contributed by atoms with Crippen molar-refractivity contribution in [3.05, 3.63) is 60.2 Å². The molecule has 0 saturated carbocycles. The van der Waals surface area contributed by atoms with E-state index in [1.807, 2.05) is 18.2 Å². The normalized spacial score (nSPS) is 14.7. The molecule has 0 unspecified atom stereocenters. The summed E-state index contributed by atoms with van der Waals surface area (Å²) in [6.07, 6.45) is 0.851. The van der Waals surface area contributed by atoms with Gasteiger partial charge in [0, 0.05) is 24.5 Å². The minimum Gasteiger partial charge on any atom is -0.379 e. The Kier molecular flexibility index (Phi) is 7.83. The second-order valence-electron chi connectivity index (χ2n) is 7.60. The molecule has 0 bridgehead atoms. The number of hydrogen-bond donors (Lipinski definition) is 2. The van der Waals surface area contributed by atoms with Crippen LogP contribution in [0, 0.1) is 0 Å². The summed E-state index contributed by atoms with van der Waals surface area (Å²) >= 11 is 1.48. The van der Waals surface area contributed by atoms with E-state index in [-0.39, 0.29) is 23.3 Å². The first kappa shape index (κ1) is 24.2. The van der Waals surface area contributed by atoms with Crippen molar-refractivity contribution in [2.45, 2.75) is 23.0 Å². The first-order valence-electron chi connectivity index (χ1n) is 10.8. The molecule has 12 heteroatoms. The maximum Gasteiger partial charge on any atom is 0.244 e. The SMILES string of the molecule is Nc1nnc(SCCc2ccccc2)n1CC(=O)Nc1ccc(S(=O)(=O)N2CCOCC2)cc1. The molecule has 4 rings (SSSR count). The van der Waals surface area contributed by atoms with E-state index in [4.69, 9.17) is 10.5 Å². The van der Waals surface area contributed by atoms with Gasteiger partial charge in [0.25, 0.3) is 0 Å². The Hall–Kier alpha value is -2.93. The number of aryl methyl sites for hydroxylation is 1. The summed E-state index contributed by atoms with van der Waals surface area (Å²) in [7, 11) is -3.59. The molecule has 0 radical (unpaired) electrons. The summed E-state index contributed by atoms with van der Waals surface area (Å²) in [4.78, 5) is 12.8. The number of nitrogens with two attached hydrogens (primary N) is 1. The highest BCUT2D eigenvalue weighted by Crippen LogP contribution is 2.21. The van der Waals surface area contributed by atoms with E-state index in [1.165, 1.54) is 33.8 Å². The van der Waals surface area contributed by atoms with Gasteiger partial charge >= 0.3 is 0 Å². The largest absolute Gasteiger partial charge is 0.379 e. The lowest BCUT2D eigenvalue weighted by molar-refractivity contribution is -0.116. The van der Waals surface area contributed by atoms with Gasteiger partial charge in [-0.2, -0.15) is 4.31 Å². The van der Waals surface area contributed by atoms with Crippen LogP contribution in [0.2, 0.25) is 0 Å². The summed E-state index contributed by atoms with van der Waals surface area (Å²) < 4.78 is 33.6. The number of morpholine rings is 1. The van der Waals surface area contributed by atoms with Crippen LogP contribution in [-0.2, 0) is 32.5 Å². The second kappa shape index (κ2) is 11.0. The Labute approximate surface area is 202 Å². The number of nitrogen functional groups attached to an aromatic ring is 1. The van der Waals surface area contributed by atoms with Crippen LogP contribution in [0.4, 0.5) is 11.6 Å². The first-order valence-corrected chi connectivity index (χ1v) is 13.2. The van der Waals surface area contributed by atoms with Crippen LogP contribution < -0.4 is 11.1 Å². The third-order valence-electron chi connectivity index (χ3n) is 5.26. The van der Waals surface area contributed by atoms with Gasteiger partial charge in [-0.25, -0.2) is 8.42 Å². The van der Waals surface area contributed by atoms with Crippen molar-refractivity contribution >= 4 is 39.3 Å². The number of aromatic nitrogens is 3. The number of hydrogen-bond acceptors (Lipinski definition) is 8. The standard InChI is InChI=1S/C22H26N6O4S2/c23-21-25-26-22(33-15-10-17-4-2-1-3-5-17)28(21)16-20(29)24-18-6-8-19(9-7-18)34(30,31)27-11-13-32-14-12-27/h1-9H,10-16H2,(H2,23,25)(H,24,29). The number of rotatable bonds is 9. The molecule has 0 atom stereocenters. The molecule has 3 aromatic rings. The van der Waals surface area contributed by atoms with Gasteiger partial charge < -0.3 is 15.8 Å². The number of sulfonamides is 1. The summed E-state index contributed by atoms with van der Waals surface area (Å²) in [5, 5.41) is 11.3. The van der Waals surface area contributed by atoms with Gasteiger partial charge in [0.1, 0.15) is 6.54 Å². The summed E-state index contributed by atoms with van der Waals surface area (Å²) in [6.45, 7) is 1.36. The zero-order valence-corrected chi connectivity index (χ0v) is 20.1. The lowest BCUT2D eigenvalue weighted by Crippen LogP contribution is -2.40. The molecule has 3 N–H and O–H groups in total. The van der Waals surface area contributed by atoms with Crippen molar-refractivity contribution in [2.24, 2.45) is 0 Å². The minimum atomic E-state index is -3.59. The van der Waals surface area contributed by atoms with E-state index in [0.717, 1.165) is 12.2 Å². The summed E-state index contributed by atoms with van der Waals surface area (Å²) in [6, 6.07) is 16.2. The summed E-state index contributed by atoms with van der Waals surface area (Å²) in [5.41, 5.74) is 7.62. The lowest BCUT2D eigenvalue weighted by atomic mass is 10.2. The molecular formula is C22H26N6O4S2. The molecule has 0 aliphatic carbocycles. The van der Waals surface area contributed by atoms with Crippen molar-refractivity contribution in [1.29, 1.82) is 0 Å². The molecule has 0 spiro atoms. The van der Waals surface area contributed by atoms with Gasteiger partial charge in [-0.1, -0.05) is 42.1 Å². The molecule has 1 aliphatic rings. The van der Waals surface area contributed by atoms with Crippen molar-refractivity contribution in [1.82, 2.24) is 19.1 Å². The van der Waals surface area contributed by atoms with Crippen LogP contribution in [0.25, 0.3) is 0 Å². The predicted molar refractivity (Wildman–Crippen MR) is 130 cm³/mol. The zero-order valence-electron chi connectivity index (χ0n) is 18.5. The zero-order chi connectivity index (χ0) is 24.0. The van der Waals surface area contributed by atoms with E-state index in [9.17, 15) is 13.2 Å². The molecule has 2 aromatic carbocycles. The monoisotopic (exact) mass is 502 g/mol. The van der Waals surface area contributed by atoms with Crippen LogP contribution in [0.1, 0.15) is 5.56 Å². The number of carbonyl (C=O) groups excluding carboxylic acids is 1. The highest BCUT2D eigenvalue weighted by Gasteiger charge is 2.26. The molecule has 1 amide bonds. The molecular weight excluding hydrogens is 476 g/mol. The van der Waals surface area contributed by atoms with Gasteiger partial charge in [0.2, 0.25) is 21.9 Å². The third-order valence-corrected chi connectivity index (χ3v) is 8.14. The van der Waals surface area contributed by atoms with E-state index in [2.05, 4.69) is 27.6 Å². The highest BCUT2D eigenvalue weighted by molar-refractivity contribution is 7.99. The summed E-state index contributed by atoms with van der Waals surface area (Å²) in [5.74, 6) is 0.604. The number of benzene rings is 2. The molecule has 1 aromatic heterocycles. The Bertz CT molecular complexity index is 1210. The minimum absolute atomic E-state index is 0.0552. The maximum absolute atomic E-state index is 12.7. The van der Waals surface area contributed by atoms with Gasteiger partial charge in [-0.15, -0.1) is 10.2 Å². The average Bonchev–Trinajstić information content (AvgIpc) is 3.19. The van der Waals surface area contributed by atoms with Crippen molar-refractivity contribution in [3.63, 3.8) is 0 Å². The van der Waals surface area contributed by atoms with Crippen LogP contribution in [0.5, 0.6) is 0 Å². The molecule has 1 fully saturated rings.